The molecule has 0 saturated carbocycles. The lowest BCUT2D eigenvalue weighted by atomic mass is 10.2. The number of carbonyl (C=O) groups is 1. The van der Waals surface area contributed by atoms with Crippen molar-refractivity contribution < 1.29 is 14.3 Å². The highest BCUT2D eigenvalue weighted by Gasteiger charge is 2.34. The van der Waals surface area contributed by atoms with Crippen molar-refractivity contribution in [3.05, 3.63) is 0 Å². The van der Waals surface area contributed by atoms with Crippen LogP contribution in [0.5, 0.6) is 0 Å². The lowest BCUT2D eigenvalue weighted by Crippen LogP contribution is -2.39. The van der Waals surface area contributed by atoms with E-state index in [0.717, 1.165) is 18.7 Å². The zero-order valence-corrected chi connectivity index (χ0v) is 13.5. The molecule has 0 aromatic rings. The SMILES string of the molecule is CNCCSSCC(=O)N1C[C@H](OC)C[C@H]1COC. The summed E-state index contributed by atoms with van der Waals surface area (Å²) in [5.74, 6) is 1.71. The molecule has 0 aliphatic carbocycles. The van der Waals surface area contributed by atoms with E-state index in [0.29, 0.717) is 18.9 Å². The lowest BCUT2D eigenvalue weighted by Gasteiger charge is -2.23. The molecule has 1 fully saturated rings. The summed E-state index contributed by atoms with van der Waals surface area (Å²) < 4.78 is 10.5. The number of methoxy groups -OCH3 is 2. The van der Waals surface area contributed by atoms with Crippen LogP contribution in [-0.4, -0.2) is 75.4 Å². The molecule has 0 radical (unpaired) electrons. The van der Waals surface area contributed by atoms with Crippen molar-refractivity contribution in [2.75, 3.05) is 52.5 Å². The van der Waals surface area contributed by atoms with Crippen LogP contribution in [0.4, 0.5) is 0 Å². The van der Waals surface area contributed by atoms with Crippen molar-refractivity contribution in [1.82, 2.24) is 10.2 Å². The average Bonchev–Trinajstić information content (AvgIpc) is 2.82. The van der Waals surface area contributed by atoms with Crippen molar-refractivity contribution in [3.63, 3.8) is 0 Å². The van der Waals surface area contributed by atoms with Gasteiger partial charge < -0.3 is 19.7 Å². The van der Waals surface area contributed by atoms with Crippen molar-refractivity contribution >= 4 is 27.5 Å². The molecule has 1 aliphatic rings. The van der Waals surface area contributed by atoms with E-state index in [-0.39, 0.29) is 18.1 Å². The zero-order chi connectivity index (χ0) is 14.1. The van der Waals surface area contributed by atoms with Crippen molar-refractivity contribution in [2.45, 2.75) is 18.6 Å². The van der Waals surface area contributed by atoms with Gasteiger partial charge in [-0.15, -0.1) is 0 Å². The molecular formula is C12H24N2O3S2. The highest BCUT2D eigenvalue weighted by atomic mass is 33.1. The van der Waals surface area contributed by atoms with E-state index in [9.17, 15) is 4.79 Å². The molecule has 1 rings (SSSR count). The summed E-state index contributed by atoms with van der Waals surface area (Å²) in [7, 11) is 8.65. The first kappa shape index (κ1) is 17.1. The minimum atomic E-state index is 0.144. The van der Waals surface area contributed by atoms with Gasteiger partial charge in [0.25, 0.3) is 0 Å². The maximum atomic E-state index is 12.2. The first-order chi connectivity index (χ1) is 9.22. The smallest absolute Gasteiger partial charge is 0.233 e. The van der Waals surface area contributed by atoms with E-state index in [1.807, 2.05) is 11.9 Å². The molecule has 2 atom stereocenters. The fraction of sp³-hybridized carbons (Fsp3) is 0.917. The fourth-order valence-electron chi connectivity index (χ4n) is 2.08. The molecule has 0 aromatic heterocycles. The number of nitrogens with zero attached hydrogens (tertiary/aromatic N) is 1. The Balaban J connectivity index is 2.32. The van der Waals surface area contributed by atoms with Gasteiger partial charge in [-0.05, 0) is 13.5 Å². The van der Waals surface area contributed by atoms with Crippen LogP contribution in [0.2, 0.25) is 0 Å². The molecule has 112 valence electrons. The molecule has 1 saturated heterocycles. The molecule has 1 heterocycles. The van der Waals surface area contributed by atoms with Gasteiger partial charge in [-0.25, -0.2) is 0 Å². The van der Waals surface area contributed by atoms with Gasteiger partial charge >= 0.3 is 0 Å². The van der Waals surface area contributed by atoms with Crippen molar-refractivity contribution in [2.24, 2.45) is 0 Å². The van der Waals surface area contributed by atoms with Crippen LogP contribution >= 0.6 is 21.6 Å². The lowest BCUT2D eigenvalue weighted by molar-refractivity contribution is -0.130. The Hall–Kier alpha value is 0.0500. The Bertz CT molecular complexity index is 269. The monoisotopic (exact) mass is 308 g/mol. The second kappa shape index (κ2) is 9.88. The van der Waals surface area contributed by atoms with Gasteiger partial charge in [0, 0.05) is 33.1 Å². The van der Waals surface area contributed by atoms with Gasteiger partial charge in [0.2, 0.25) is 5.91 Å². The molecule has 1 amide bonds. The van der Waals surface area contributed by atoms with Crippen LogP contribution < -0.4 is 5.32 Å². The van der Waals surface area contributed by atoms with E-state index in [2.05, 4.69) is 5.32 Å². The summed E-state index contributed by atoms with van der Waals surface area (Å²) >= 11 is 0. The predicted octanol–water partition coefficient (Wildman–Crippen LogP) is 0.849. The Labute approximate surface area is 123 Å². The number of hydrogen-bond donors (Lipinski definition) is 1. The maximum absolute atomic E-state index is 12.2. The van der Waals surface area contributed by atoms with Crippen molar-refractivity contribution in [3.8, 4) is 0 Å². The summed E-state index contributed by atoms with van der Waals surface area (Å²) in [5, 5.41) is 3.09. The topological polar surface area (TPSA) is 50.8 Å². The highest BCUT2D eigenvalue weighted by Crippen LogP contribution is 2.25. The van der Waals surface area contributed by atoms with Gasteiger partial charge in [-0.3, -0.25) is 4.79 Å². The fourth-order valence-corrected chi connectivity index (χ4v) is 3.99. The number of amides is 1. The maximum Gasteiger partial charge on any atom is 0.233 e. The predicted molar refractivity (Wildman–Crippen MR) is 81.6 cm³/mol. The minimum absolute atomic E-state index is 0.144. The molecule has 1 aliphatic heterocycles. The van der Waals surface area contributed by atoms with Gasteiger partial charge in [0.1, 0.15) is 0 Å². The Kier molecular flexibility index (Phi) is 8.89. The number of hydrogen-bond acceptors (Lipinski definition) is 6. The molecule has 0 unspecified atom stereocenters. The molecular weight excluding hydrogens is 284 g/mol. The number of likely N-dealkylation sites (tertiary alicyclic amines) is 1. The van der Waals surface area contributed by atoms with Crippen molar-refractivity contribution in [1.29, 1.82) is 0 Å². The third kappa shape index (κ3) is 5.91. The van der Waals surface area contributed by atoms with Gasteiger partial charge in [-0.2, -0.15) is 0 Å². The van der Waals surface area contributed by atoms with Crippen LogP contribution in [-0.2, 0) is 14.3 Å². The molecule has 0 bridgehead atoms. The first-order valence-corrected chi connectivity index (χ1v) is 8.92. The quantitative estimate of drug-likeness (QED) is 0.503. The van der Waals surface area contributed by atoms with Crippen LogP contribution in [0, 0.1) is 0 Å². The standard InChI is InChI=1S/C12H24N2O3S2/c1-13-4-5-18-19-9-12(15)14-7-11(17-3)6-10(14)8-16-2/h10-11,13H,4-9H2,1-3H3/t10-,11+/m0/s1. The number of rotatable bonds is 9. The molecule has 0 spiro atoms. The van der Waals surface area contributed by atoms with E-state index < -0.39 is 0 Å². The molecule has 7 heteroatoms. The van der Waals surface area contributed by atoms with Crippen LogP contribution in [0.15, 0.2) is 0 Å². The largest absolute Gasteiger partial charge is 0.383 e. The Morgan fingerprint density at radius 2 is 2.21 bits per heavy atom. The van der Waals surface area contributed by atoms with Crippen LogP contribution in [0.1, 0.15) is 6.42 Å². The van der Waals surface area contributed by atoms with Crippen LogP contribution in [0.3, 0.4) is 0 Å². The van der Waals surface area contributed by atoms with Gasteiger partial charge in [0.05, 0.1) is 24.5 Å². The highest BCUT2D eigenvalue weighted by molar-refractivity contribution is 8.76. The molecule has 5 nitrogen and oxygen atoms in total. The number of carbonyl (C=O) groups excluding carboxylic acids is 1. The normalized spacial score (nSPS) is 23.0. The summed E-state index contributed by atoms with van der Waals surface area (Å²) in [6, 6.07) is 0.158. The molecule has 19 heavy (non-hydrogen) atoms. The molecule has 0 aromatic carbocycles. The summed E-state index contributed by atoms with van der Waals surface area (Å²) in [6.45, 7) is 2.24. The second-order valence-electron chi connectivity index (χ2n) is 4.44. The van der Waals surface area contributed by atoms with E-state index in [4.69, 9.17) is 9.47 Å². The summed E-state index contributed by atoms with van der Waals surface area (Å²) in [5.41, 5.74) is 0. The Morgan fingerprint density at radius 1 is 1.42 bits per heavy atom. The Morgan fingerprint density at radius 3 is 2.84 bits per heavy atom. The summed E-state index contributed by atoms with van der Waals surface area (Å²) in [4.78, 5) is 14.1. The van der Waals surface area contributed by atoms with Gasteiger partial charge in [-0.1, -0.05) is 21.6 Å². The van der Waals surface area contributed by atoms with E-state index in [1.165, 1.54) is 0 Å². The summed E-state index contributed by atoms with van der Waals surface area (Å²) in [6.07, 6.45) is 1.01. The van der Waals surface area contributed by atoms with Crippen LogP contribution in [0.25, 0.3) is 0 Å². The number of ether oxygens (including phenoxy) is 2. The third-order valence-electron chi connectivity index (χ3n) is 3.09. The molecule has 1 N–H and O–H groups in total. The zero-order valence-electron chi connectivity index (χ0n) is 11.9. The average molecular weight is 308 g/mol. The van der Waals surface area contributed by atoms with E-state index >= 15 is 0 Å². The van der Waals surface area contributed by atoms with E-state index in [1.54, 1.807) is 35.8 Å². The number of nitrogens with one attached hydrogen (secondary N) is 1. The first-order valence-electron chi connectivity index (χ1n) is 6.43. The second-order valence-corrected chi connectivity index (χ2v) is 7.02. The van der Waals surface area contributed by atoms with Gasteiger partial charge in [0.15, 0.2) is 0 Å². The third-order valence-corrected chi connectivity index (χ3v) is 5.35. The minimum Gasteiger partial charge on any atom is -0.383 e.